The normalized spacial score (nSPS) is 18.3. The number of hydrogen-bond donors (Lipinski definition) is 2. The molecule has 47 heavy (non-hydrogen) atoms. The van der Waals surface area contributed by atoms with Crippen molar-refractivity contribution in [3.05, 3.63) is 77.0 Å². The number of anilines is 2. The number of carbonyl (C=O) groups is 1. The molecule has 9 nitrogen and oxygen atoms in total. The second kappa shape index (κ2) is 12.8. The number of hydrogen-bond acceptors (Lipinski definition) is 5. The summed E-state index contributed by atoms with van der Waals surface area (Å²) in [5.41, 5.74) is -8.43. The zero-order valence-electron chi connectivity index (χ0n) is 31.4. The first kappa shape index (κ1) is 28.5. The van der Waals surface area contributed by atoms with Crippen molar-refractivity contribution in [2.24, 2.45) is 0 Å². The number of phosphoric ester groups is 1. The summed E-state index contributed by atoms with van der Waals surface area (Å²) in [6, 6.07) is 7.75. The first-order valence-electron chi connectivity index (χ1n) is 16.9. The van der Waals surface area contributed by atoms with Gasteiger partial charge in [-0.05, 0) is 61.6 Å². The van der Waals surface area contributed by atoms with Crippen LogP contribution in [0.25, 0.3) is 11.1 Å². The van der Waals surface area contributed by atoms with Crippen molar-refractivity contribution in [1.29, 1.82) is 0 Å². The molecule has 1 amide bonds. The maximum absolute atomic E-state index is 14.6. The van der Waals surface area contributed by atoms with Crippen LogP contribution in [0.15, 0.2) is 54.7 Å². The van der Waals surface area contributed by atoms with Crippen molar-refractivity contribution >= 4 is 25.2 Å². The third-order valence-corrected chi connectivity index (χ3v) is 8.44. The number of halogens is 6. The van der Waals surface area contributed by atoms with Crippen LogP contribution in [0.5, 0.6) is 0 Å². The first-order chi connectivity index (χ1) is 24.0. The SMILES string of the molecule is [2H]C([2H])([2H])C(C(=O)N(C)c1cnc(N2CC[N+](C)(COP(=O)(O)O)CC2)cc1-c1ccccc1C)(c1cc(C(F)(F)F)cc(C(F)(F)F)c1)C([2H])([2H])[2H]. The van der Waals surface area contributed by atoms with Crippen LogP contribution in [-0.2, 0) is 31.7 Å². The van der Waals surface area contributed by atoms with Crippen LogP contribution in [0.4, 0.5) is 37.8 Å². The van der Waals surface area contributed by atoms with Gasteiger partial charge in [0.1, 0.15) is 5.82 Å². The molecular formula is C31H36F6N4O5P+. The number of amides is 1. The molecule has 16 heteroatoms. The lowest BCUT2D eigenvalue weighted by molar-refractivity contribution is -0.925. The summed E-state index contributed by atoms with van der Waals surface area (Å²) >= 11 is 0. The maximum atomic E-state index is 14.6. The number of alkyl halides is 6. The lowest BCUT2D eigenvalue weighted by Crippen LogP contribution is -2.58. The molecule has 1 aliphatic rings. The average molecular weight is 696 g/mol. The van der Waals surface area contributed by atoms with Crippen molar-refractivity contribution < 1.29 is 62.7 Å². The number of pyridine rings is 1. The Morgan fingerprint density at radius 1 is 1.00 bits per heavy atom. The predicted octanol–water partition coefficient (Wildman–Crippen LogP) is 6.37. The molecule has 0 radical (unpaired) electrons. The molecular weight excluding hydrogens is 653 g/mol. The lowest BCUT2D eigenvalue weighted by atomic mass is 9.81. The number of nitrogens with zero attached hydrogens (tertiary/aromatic N) is 4. The van der Waals surface area contributed by atoms with E-state index in [9.17, 15) is 35.7 Å². The summed E-state index contributed by atoms with van der Waals surface area (Å²) in [6.45, 7) is -5.36. The molecule has 0 saturated carbocycles. The smallest absolute Gasteiger partial charge is 0.345 e. The highest BCUT2D eigenvalue weighted by Gasteiger charge is 2.41. The predicted molar refractivity (Wildman–Crippen MR) is 163 cm³/mol. The molecule has 1 aromatic heterocycles. The highest BCUT2D eigenvalue weighted by molar-refractivity contribution is 7.46. The maximum Gasteiger partial charge on any atom is 0.474 e. The zero-order valence-corrected chi connectivity index (χ0v) is 26.2. The fourth-order valence-electron chi connectivity index (χ4n) is 5.14. The lowest BCUT2D eigenvalue weighted by Gasteiger charge is -2.42. The topological polar surface area (TPSA) is 103 Å². The molecule has 2 aromatic carbocycles. The van der Waals surface area contributed by atoms with Crippen molar-refractivity contribution in [3.63, 3.8) is 0 Å². The molecule has 256 valence electrons. The van der Waals surface area contributed by atoms with Crippen molar-refractivity contribution in [2.45, 2.75) is 38.4 Å². The molecule has 0 spiro atoms. The molecule has 1 aliphatic heterocycles. The van der Waals surface area contributed by atoms with E-state index in [2.05, 4.69) is 4.98 Å². The minimum atomic E-state index is -5.49. The molecule has 3 aromatic rings. The number of aryl methyl sites for hydroxylation is 1. The number of likely N-dealkylation sites (N-methyl/N-ethyl adjacent to an activating group) is 2. The van der Waals surface area contributed by atoms with Gasteiger partial charge in [-0.25, -0.2) is 14.1 Å². The van der Waals surface area contributed by atoms with Crippen LogP contribution in [0.2, 0.25) is 0 Å². The first-order valence-corrected chi connectivity index (χ1v) is 15.5. The Kier molecular flexibility index (Phi) is 7.79. The summed E-state index contributed by atoms with van der Waals surface area (Å²) in [5, 5.41) is 0. The van der Waals surface area contributed by atoms with Gasteiger partial charge in [-0.3, -0.25) is 4.79 Å². The monoisotopic (exact) mass is 695 g/mol. The Morgan fingerprint density at radius 3 is 2.06 bits per heavy atom. The second-order valence-corrected chi connectivity index (χ2v) is 12.8. The Bertz CT molecular complexity index is 1850. The van der Waals surface area contributed by atoms with Gasteiger partial charge in [0.2, 0.25) is 5.91 Å². The van der Waals surface area contributed by atoms with Gasteiger partial charge in [-0.2, -0.15) is 26.3 Å². The van der Waals surface area contributed by atoms with Crippen LogP contribution >= 0.6 is 7.82 Å². The van der Waals surface area contributed by atoms with Crippen molar-refractivity contribution in [1.82, 2.24) is 4.98 Å². The number of benzene rings is 2. The Hall–Kier alpha value is -3.49. The van der Waals surface area contributed by atoms with Crippen molar-refractivity contribution in [2.75, 3.05) is 56.8 Å². The molecule has 0 bridgehead atoms. The van der Waals surface area contributed by atoms with Crippen LogP contribution in [0, 0.1) is 6.92 Å². The van der Waals surface area contributed by atoms with Crippen LogP contribution in [0.3, 0.4) is 0 Å². The molecule has 1 saturated heterocycles. The molecule has 2 heterocycles. The minimum Gasteiger partial charge on any atom is -0.345 e. The fourth-order valence-corrected chi connectivity index (χ4v) is 5.57. The summed E-state index contributed by atoms with van der Waals surface area (Å²) in [5.74, 6) is -1.52. The average Bonchev–Trinajstić information content (AvgIpc) is 3.01. The fraction of sp³-hybridized carbons (Fsp3) is 0.419. The largest absolute Gasteiger partial charge is 0.474 e. The van der Waals surface area contributed by atoms with Gasteiger partial charge in [0.15, 0.2) is 6.73 Å². The summed E-state index contributed by atoms with van der Waals surface area (Å²) < 4.78 is 149. The van der Waals surface area contributed by atoms with Gasteiger partial charge in [0, 0.05) is 20.8 Å². The van der Waals surface area contributed by atoms with E-state index < -0.39 is 61.9 Å². The van der Waals surface area contributed by atoms with E-state index in [1.807, 2.05) is 0 Å². The third kappa shape index (κ3) is 8.33. The zero-order chi connectivity index (χ0) is 40.2. The quantitative estimate of drug-likeness (QED) is 0.161. The van der Waals surface area contributed by atoms with E-state index in [-0.39, 0.29) is 40.7 Å². The highest BCUT2D eigenvalue weighted by atomic mass is 31.2. The highest BCUT2D eigenvalue weighted by Crippen LogP contribution is 2.42. The second-order valence-electron chi connectivity index (χ2n) is 11.6. The van der Waals surface area contributed by atoms with E-state index >= 15 is 0 Å². The summed E-state index contributed by atoms with van der Waals surface area (Å²) in [7, 11) is -2.05. The molecule has 1 fully saturated rings. The van der Waals surface area contributed by atoms with Crippen molar-refractivity contribution in [3.8, 4) is 11.1 Å². The number of quaternary nitrogens is 1. The van der Waals surface area contributed by atoms with Crippen LogP contribution in [-0.4, -0.2) is 72.2 Å². The standard InChI is InChI=1S/C31H35F6N4O5P/c1-20-8-6-7-9-24(20)25-17-27(40-10-12-41(5,13-11-40)19-46-47(43,44)45)38-18-26(25)39(4)28(42)29(2,3)21-14-22(30(32,33)34)16-23(15-21)31(35,36)37/h6-9,14-18H,10-13,19H2,1-5H3,(H-,43,44,45)/p+1/i2D3,3D3. The Balaban J connectivity index is 1.91. The van der Waals surface area contributed by atoms with E-state index in [4.69, 9.17) is 22.5 Å². The van der Waals surface area contributed by atoms with Gasteiger partial charge < -0.3 is 24.1 Å². The number of rotatable bonds is 8. The van der Waals surface area contributed by atoms with E-state index in [1.54, 1.807) is 43.1 Å². The molecule has 0 unspecified atom stereocenters. The van der Waals surface area contributed by atoms with E-state index in [0.29, 0.717) is 48.0 Å². The summed E-state index contributed by atoms with van der Waals surface area (Å²) in [6.07, 6.45) is -9.86. The van der Waals surface area contributed by atoms with Gasteiger partial charge in [-0.15, -0.1) is 0 Å². The van der Waals surface area contributed by atoms with Crippen LogP contribution < -0.4 is 9.80 Å². The van der Waals surface area contributed by atoms with Gasteiger partial charge in [0.25, 0.3) is 0 Å². The van der Waals surface area contributed by atoms with Gasteiger partial charge in [0.05, 0.1) is 61.7 Å². The summed E-state index contributed by atoms with van der Waals surface area (Å²) in [4.78, 5) is 39.6. The number of aromatic nitrogens is 1. The molecule has 0 atom stereocenters. The minimum absolute atomic E-state index is 0.0586. The van der Waals surface area contributed by atoms with Gasteiger partial charge >= 0.3 is 20.2 Å². The van der Waals surface area contributed by atoms with E-state index in [1.165, 1.54) is 6.07 Å². The number of phosphoric acid groups is 1. The van der Waals surface area contributed by atoms with E-state index in [0.717, 1.165) is 13.2 Å². The molecule has 4 rings (SSSR count). The third-order valence-electron chi connectivity index (χ3n) is 7.99. The number of piperazine rings is 1. The molecule has 2 N–H and O–H groups in total. The van der Waals surface area contributed by atoms with Gasteiger partial charge in [-0.1, -0.05) is 24.3 Å². The van der Waals surface area contributed by atoms with Crippen LogP contribution in [0.1, 0.15) is 44.2 Å². The number of carbonyl (C=O) groups excluding carboxylic acids is 1. The molecule has 0 aliphatic carbocycles. The Morgan fingerprint density at radius 2 is 1.55 bits per heavy atom. The Labute approximate surface area is 276 Å².